The molecular weight excluding hydrogens is 407 g/mol. The van der Waals surface area contributed by atoms with Gasteiger partial charge in [0.2, 0.25) is 0 Å². The number of rotatable bonds is 6. The van der Waals surface area contributed by atoms with E-state index in [4.69, 9.17) is 40.5 Å². The Hall–Kier alpha value is -1.98. The van der Waals surface area contributed by atoms with Gasteiger partial charge in [-0.3, -0.25) is 0 Å². The molecule has 0 saturated carbocycles. The standard InChI is InChI=1S/C20H17Cl3N2O2/c21-13-4-2-12(3-5-13)19-16(15-7-6-14(22)10-17(15)23)11-18(20(26)27)25(19)9-1-8-24/h2-7,10-11H,1,8-9,24H2,(H,26,27). The molecule has 0 unspecified atom stereocenters. The maximum atomic E-state index is 11.9. The van der Waals surface area contributed by atoms with Crippen molar-refractivity contribution < 1.29 is 9.90 Å². The van der Waals surface area contributed by atoms with Crippen LogP contribution < -0.4 is 5.73 Å². The van der Waals surface area contributed by atoms with Crippen LogP contribution in [0.5, 0.6) is 0 Å². The first-order valence-corrected chi connectivity index (χ1v) is 9.44. The summed E-state index contributed by atoms with van der Waals surface area (Å²) >= 11 is 18.5. The van der Waals surface area contributed by atoms with Crippen molar-refractivity contribution in [3.05, 3.63) is 69.3 Å². The predicted octanol–water partition coefficient (Wildman–Crippen LogP) is 5.83. The second kappa shape index (κ2) is 8.36. The molecule has 1 aromatic heterocycles. The Labute approximate surface area is 172 Å². The minimum atomic E-state index is -1.02. The third-order valence-electron chi connectivity index (χ3n) is 4.24. The number of benzene rings is 2. The molecule has 0 fully saturated rings. The highest BCUT2D eigenvalue weighted by Crippen LogP contribution is 2.40. The Morgan fingerprint density at radius 2 is 1.63 bits per heavy atom. The number of nitrogens with two attached hydrogens (primary N) is 1. The maximum Gasteiger partial charge on any atom is 0.352 e. The number of aromatic carboxylic acids is 1. The number of hydrogen-bond donors (Lipinski definition) is 2. The molecule has 0 radical (unpaired) electrons. The third kappa shape index (κ3) is 4.14. The molecule has 7 heteroatoms. The lowest BCUT2D eigenvalue weighted by Gasteiger charge is -2.14. The van der Waals surface area contributed by atoms with Crippen molar-refractivity contribution in [2.24, 2.45) is 5.73 Å². The Bertz CT molecular complexity index is 982. The third-order valence-corrected chi connectivity index (χ3v) is 5.04. The Morgan fingerprint density at radius 1 is 0.963 bits per heavy atom. The summed E-state index contributed by atoms with van der Waals surface area (Å²) in [6.07, 6.45) is 0.642. The highest BCUT2D eigenvalue weighted by Gasteiger charge is 2.22. The normalized spacial score (nSPS) is 11.0. The van der Waals surface area contributed by atoms with Gasteiger partial charge in [-0.25, -0.2) is 4.79 Å². The van der Waals surface area contributed by atoms with Crippen molar-refractivity contribution in [1.82, 2.24) is 4.57 Å². The Kier molecular flexibility index (Phi) is 6.12. The predicted molar refractivity (Wildman–Crippen MR) is 111 cm³/mol. The molecule has 0 amide bonds. The van der Waals surface area contributed by atoms with E-state index in [0.717, 1.165) is 11.3 Å². The first-order valence-electron chi connectivity index (χ1n) is 8.30. The summed E-state index contributed by atoms with van der Waals surface area (Å²) in [5.41, 5.74) is 8.85. The summed E-state index contributed by atoms with van der Waals surface area (Å²) in [5.74, 6) is -1.02. The Morgan fingerprint density at radius 3 is 2.22 bits per heavy atom. The average Bonchev–Trinajstić information content (AvgIpc) is 3.00. The maximum absolute atomic E-state index is 11.9. The second-order valence-corrected chi connectivity index (χ2v) is 7.30. The van der Waals surface area contributed by atoms with Crippen molar-refractivity contribution >= 4 is 40.8 Å². The van der Waals surface area contributed by atoms with Crippen molar-refractivity contribution in [2.75, 3.05) is 6.54 Å². The van der Waals surface area contributed by atoms with Crippen LogP contribution in [0.1, 0.15) is 16.9 Å². The zero-order valence-corrected chi connectivity index (χ0v) is 16.5. The van der Waals surface area contributed by atoms with E-state index in [9.17, 15) is 9.90 Å². The number of carboxylic acids is 1. The van der Waals surface area contributed by atoms with Crippen LogP contribution in [-0.2, 0) is 6.54 Å². The fraction of sp³-hybridized carbons (Fsp3) is 0.150. The molecule has 140 valence electrons. The van der Waals surface area contributed by atoms with Crippen molar-refractivity contribution in [2.45, 2.75) is 13.0 Å². The number of nitrogens with zero attached hydrogens (tertiary/aromatic N) is 1. The zero-order chi connectivity index (χ0) is 19.6. The van der Waals surface area contributed by atoms with E-state index < -0.39 is 5.97 Å². The molecule has 3 rings (SSSR count). The largest absolute Gasteiger partial charge is 0.477 e. The summed E-state index contributed by atoms with van der Waals surface area (Å²) < 4.78 is 1.76. The van der Waals surface area contributed by atoms with E-state index >= 15 is 0 Å². The minimum absolute atomic E-state index is 0.175. The summed E-state index contributed by atoms with van der Waals surface area (Å²) in [5, 5.41) is 11.3. The first kappa shape index (κ1) is 19.8. The van der Waals surface area contributed by atoms with Gasteiger partial charge >= 0.3 is 5.97 Å². The van der Waals surface area contributed by atoms with Crippen LogP contribution in [-0.4, -0.2) is 22.2 Å². The molecule has 3 N–H and O–H groups in total. The lowest BCUT2D eigenvalue weighted by Crippen LogP contribution is -2.12. The lowest BCUT2D eigenvalue weighted by molar-refractivity contribution is 0.0685. The van der Waals surface area contributed by atoms with Gasteiger partial charge < -0.3 is 15.4 Å². The molecule has 0 bridgehead atoms. The van der Waals surface area contributed by atoms with E-state index in [1.54, 1.807) is 41.0 Å². The number of hydrogen-bond acceptors (Lipinski definition) is 2. The molecule has 0 aliphatic rings. The summed E-state index contributed by atoms with van der Waals surface area (Å²) in [6.45, 7) is 0.926. The molecule has 0 aliphatic heterocycles. The average molecular weight is 424 g/mol. The molecular formula is C20H17Cl3N2O2. The van der Waals surface area contributed by atoms with E-state index in [1.807, 2.05) is 12.1 Å². The lowest BCUT2D eigenvalue weighted by atomic mass is 10.0. The monoisotopic (exact) mass is 422 g/mol. The topological polar surface area (TPSA) is 68.2 Å². The van der Waals surface area contributed by atoms with Crippen LogP contribution in [0.25, 0.3) is 22.4 Å². The molecule has 0 atom stereocenters. The van der Waals surface area contributed by atoms with E-state index in [-0.39, 0.29) is 5.69 Å². The second-order valence-electron chi connectivity index (χ2n) is 6.02. The summed E-state index contributed by atoms with van der Waals surface area (Å²) in [4.78, 5) is 11.9. The fourth-order valence-corrected chi connectivity index (χ4v) is 3.68. The van der Waals surface area contributed by atoms with Crippen LogP contribution in [0.3, 0.4) is 0 Å². The van der Waals surface area contributed by atoms with Gasteiger partial charge in [0.25, 0.3) is 0 Å². The molecule has 3 aromatic rings. The molecule has 0 saturated heterocycles. The van der Waals surface area contributed by atoms with Crippen molar-refractivity contribution in [3.63, 3.8) is 0 Å². The number of carboxylic acid groups (broad SMARTS) is 1. The quantitative estimate of drug-likeness (QED) is 0.524. The highest BCUT2D eigenvalue weighted by molar-refractivity contribution is 6.36. The number of carbonyl (C=O) groups is 1. The molecule has 27 heavy (non-hydrogen) atoms. The van der Waals surface area contributed by atoms with Crippen LogP contribution in [0.2, 0.25) is 15.1 Å². The number of aromatic nitrogens is 1. The molecule has 0 aliphatic carbocycles. The Balaban J connectivity index is 2.31. The molecule has 0 spiro atoms. The smallest absolute Gasteiger partial charge is 0.352 e. The van der Waals surface area contributed by atoms with Gasteiger partial charge in [0.15, 0.2) is 0 Å². The van der Waals surface area contributed by atoms with Crippen molar-refractivity contribution in [3.8, 4) is 22.4 Å². The number of halogens is 3. The van der Waals surface area contributed by atoms with Gasteiger partial charge in [-0.2, -0.15) is 0 Å². The van der Waals surface area contributed by atoms with E-state index in [1.165, 1.54) is 0 Å². The van der Waals surface area contributed by atoms with Crippen LogP contribution >= 0.6 is 34.8 Å². The summed E-state index contributed by atoms with van der Waals surface area (Å²) in [7, 11) is 0. The first-order chi connectivity index (χ1) is 12.9. The highest BCUT2D eigenvalue weighted by atomic mass is 35.5. The fourth-order valence-electron chi connectivity index (χ4n) is 3.04. The van der Waals surface area contributed by atoms with Crippen LogP contribution in [0.15, 0.2) is 48.5 Å². The van der Waals surface area contributed by atoms with Crippen molar-refractivity contribution in [1.29, 1.82) is 0 Å². The van der Waals surface area contributed by atoms with Gasteiger partial charge in [-0.15, -0.1) is 0 Å². The van der Waals surface area contributed by atoms with Gasteiger partial charge in [-0.05, 0) is 48.9 Å². The van der Waals surface area contributed by atoms with Gasteiger partial charge in [0, 0.05) is 32.7 Å². The summed E-state index contributed by atoms with van der Waals surface area (Å²) in [6, 6.07) is 14.0. The van der Waals surface area contributed by atoms with E-state index in [0.29, 0.717) is 45.7 Å². The SMILES string of the molecule is NCCCn1c(C(=O)O)cc(-c2ccc(Cl)cc2Cl)c1-c1ccc(Cl)cc1. The minimum Gasteiger partial charge on any atom is -0.477 e. The van der Waals surface area contributed by atoms with Gasteiger partial charge in [0.05, 0.1) is 5.69 Å². The molecule has 2 aromatic carbocycles. The zero-order valence-electron chi connectivity index (χ0n) is 14.3. The van der Waals surface area contributed by atoms with Crippen LogP contribution in [0, 0.1) is 0 Å². The molecule has 4 nitrogen and oxygen atoms in total. The molecule has 1 heterocycles. The van der Waals surface area contributed by atoms with Gasteiger partial charge in [-0.1, -0.05) is 53.0 Å². The van der Waals surface area contributed by atoms with E-state index in [2.05, 4.69) is 0 Å². The van der Waals surface area contributed by atoms with Crippen LogP contribution in [0.4, 0.5) is 0 Å². The van der Waals surface area contributed by atoms with Gasteiger partial charge in [0.1, 0.15) is 5.69 Å².